The van der Waals surface area contributed by atoms with Crippen LogP contribution in [0, 0.1) is 0 Å². The molecule has 7 heteroatoms. The average Bonchev–Trinajstić information content (AvgIpc) is 2.89. The Labute approximate surface area is 115 Å². The molecule has 7 nitrogen and oxygen atoms in total. The van der Waals surface area contributed by atoms with Gasteiger partial charge in [-0.05, 0) is 24.6 Å². The lowest BCUT2D eigenvalue weighted by Crippen LogP contribution is -2.42. The van der Waals surface area contributed by atoms with Crippen molar-refractivity contribution in [2.45, 2.75) is 19.6 Å². The zero-order valence-corrected chi connectivity index (χ0v) is 11.0. The normalized spacial score (nSPS) is 13.7. The molecule has 0 saturated heterocycles. The van der Waals surface area contributed by atoms with Crippen LogP contribution in [0.15, 0.2) is 18.2 Å². The van der Waals surface area contributed by atoms with Crippen LogP contribution in [0.1, 0.15) is 12.5 Å². The molecule has 0 spiro atoms. The number of aliphatic hydroxyl groups is 1. The summed E-state index contributed by atoms with van der Waals surface area (Å²) in [7, 11) is 0. The first-order valence-electron chi connectivity index (χ1n) is 6.19. The van der Waals surface area contributed by atoms with Gasteiger partial charge in [-0.15, -0.1) is 0 Å². The molecule has 1 heterocycles. The SMILES string of the molecule is CC(O)CNC(=O)C(=O)NCc1ccc2c(c1)OCO2. The molecule has 1 aliphatic rings. The van der Waals surface area contributed by atoms with Crippen LogP contribution in [0.2, 0.25) is 0 Å². The molecular formula is C13H16N2O5. The predicted molar refractivity (Wildman–Crippen MR) is 69.1 cm³/mol. The molecule has 1 unspecified atom stereocenters. The molecule has 1 atom stereocenters. The van der Waals surface area contributed by atoms with Gasteiger partial charge in [-0.3, -0.25) is 9.59 Å². The minimum Gasteiger partial charge on any atom is -0.454 e. The van der Waals surface area contributed by atoms with E-state index in [-0.39, 0.29) is 19.9 Å². The second-order valence-corrected chi connectivity index (χ2v) is 4.43. The van der Waals surface area contributed by atoms with Gasteiger partial charge in [-0.1, -0.05) is 6.07 Å². The van der Waals surface area contributed by atoms with Crippen molar-refractivity contribution in [3.8, 4) is 11.5 Å². The van der Waals surface area contributed by atoms with Gasteiger partial charge in [0.1, 0.15) is 0 Å². The topological polar surface area (TPSA) is 96.9 Å². The highest BCUT2D eigenvalue weighted by Gasteiger charge is 2.15. The summed E-state index contributed by atoms with van der Waals surface area (Å²) in [5, 5.41) is 13.8. The van der Waals surface area contributed by atoms with Gasteiger partial charge in [-0.25, -0.2) is 0 Å². The van der Waals surface area contributed by atoms with Gasteiger partial charge >= 0.3 is 11.8 Å². The molecule has 3 N–H and O–H groups in total. The first-order valence-corrected chi connectivity index (χ1v) is 6.19. The number of aliphatic hydroxyl groups excluding tert-OH is 1. The van der Waals surface area contributed by atoms with Crippen molar-refractivity contribution < 1.29 is 24.2 Å². The number of rotatable bonds is 4. The lowest BCUT2D eigenvalue weighted by Gasteiger charge is -2.08. The standard InChI is InChI=1S/C13H16N2O5/c1-8(16)5-14-12(17)13(18)15-6-9-2-3-10-11(4-9)20-7-19-10/h2-4,8,16H,5-7H2,1H3,(H,14,17)(H,15,18). The highest BCUT2D eigenvalue weighted by Crippen LogP contribution is 2.32. The largest absolute Gasteiger partial charge is 0.454 e. The van der Waals surface area contributed by atoms with Gasteiger partial charge in [0.2, 0.25) is 6.79 Å². The number of fused-ring (bicyclic) bond motifs is 1. The number of nitrogens with one attached hydrogen (secondary N) is 2. The number of hydrogen-bond acceptors (Lipinski definition) is 5. The van der Waals surface area contributed by atoms with Crippen LogP contribution in [-0.4, -0.2) is 36.4 Å². The fourth-order valence-corrected chi connectivity index (χ4v) is 1.63. The van der Waals surface area contributed by atoms with E-state index >= 15 is 0 Å². The van der Waals surface area contributed by atoms with Crippen molar-refractivity contribution in [3.63, 3.8) is 0 Å². The highest BCUT2D eigenvalue weighted by molar-refractivity contribution is 6.35. The smallest absolute Gasteiger partial charge is 0.309 e. The van der Waals surface area contributed by atoms with Crippen LogP contribution < -0.4 is 20.1 Å². The molecule has 0 saturated carbocycles. The Kier molecular flexibility index (Phi) is 4.41. The highest BCUT2D eigenvalue weighted by atomic mass is 16.7. The predicted octanol–water partition coefficient (Wildman–Crippen LogP) is -0.472. The van der Waals surface area contributed by atoms with Crippen LogP contribution in [0.4, 0.5) is 0 Å². The summed E-state index contributed by atoms with van der Waals surface area (Å²) in [4.78, 5) is 22.9. The second kappa shape index (κ2) is 6.25. The van der Waals surface area contributed by atoms with Gasteiger partial charge in [0.15, 0.2) is 11.5 Å². The van der Waals surface area contributed by atoms with Crippen molar-refractivity contribution in [2.75, 3.05) is 13.3 Å². The van der Waals surface area contributed by atoms with Crippen LogP contribution >= 0.6 is 0 Å². The summed E-state index contributed by atoms with van der Waals surface area (Å²) in [5.41, 5.74) is 0.797. The van der Waals surface area contributed by atoms with Gasteiger partial charge in [0, 0.05) is 13.1 Å². The summed E-state index contributed by atoms with van der Waals surface area (Å²) in [5.74, 6) is -0.236. The van der Waals surface area contributed by atoms with E-state index in [9.17, 15) is 9.59 Å². The lowest BCUT2D eigenvalue weighted by molar-refractivity contribution is -0.139. The van der Waals surface area contributed by atoms with Gasteiger partial charge in [0.05, 0.1) is 6.10 Å². The summed E-state index contributed by atoms with van der Waals surface area (Å²) < 4.78 is 10.4. The van der Waals surface area contributed by atoms with Crippen LogP contribution in [0.25, 0.3) is 0 Å². The van der Waals surface area contributed by atoms with Crippen LogP contribution in [0.5, 0.6) is 11.5 Å². The van der Waals surface area contributed by atoms with Gasteiger partial charge in [0.25, 0.3) is 0 Å². The molecule has 0 bridgehead atoms. The van der Waals surface area contributed by atoms with E-state index in [1.165, 1.54) is 6.92 Å². The molecule has 108 valence electrons. The van der Waals surface area contributed by atoms with Crippen molar-refractivity contribution in [2.24, 2.45) is 0 Å². The minimum absolute atomic E-state index is 0.0380. The van der Waals surface area contributed by atoms with Crippen LogP contribution in [0.3, 0.4) is 0 Å². The number of amides is 2. The summed E-state index contributed by atoms with van der Waals surface area (Å²) in [6, 6.07) is 5.27. The Bertz CT molecular complexity index is 515. The third-order valence-corrected chi connectivity index (χ3v) is 2.65. The number of carbonyl (C=O) groups is 2. The Morgan fingerprint density at radius 2 is 1.95 bits per heavy atom. The Morgan fingerprint density at radius 3 is 2.70 bits per heavy atom. The maximum Gasteiger partial charge on any atom is 0.309 e. The maximum absolute atomic E-state index is 11.5. The summed E-state index contributed by atoms with van der Waals surface area (Å²) in [6.07, 6.45) is -0.694. The van der Waals surface area contributed by atoms with E-state index in [0.29, 0.717) is 11.5 Å². The number of benzene rings is 1. The van der Waals surface area contributed by atoms with Crippen molar-refractivity contribution in [1.29, 1.82) is 0 Å². The van der Waals surface area contributed by atoms with Gasteiger partial charge < -0.3 is 25.2 Å². The number of hydrogen-bond donors (Lipinski definition) is 3. The quantitative estimate of drug-likeness (QED) is 0.648. The molecule has 20 heavy (non-hydrogen) atoms. The fraction of sp³-hybridized carbons (Fsp3) is 0.385. The van der Waals surface area contributed by atoms with E-state index < -0.39 is 17.9 Å². The third kappa shape index (κ3) is 3.61. The molecule has 2 rings (SSSR count). The Morgan fingerprint density at radius 1 is 1.25 bits per heavy atom. The van der Waals surface area contributed by atoms with Gasteiger partial charge in [-0.2, -0.15) is 0 Å². The molecule has 0 radical (unpaired) electrons. The maximum atomic E-state index is 11.5. The fourth-order valence-electron chi connectivity index (χ4n) is 1.63. The van der Waals surface area contributed by atoms with E-state index in [1.807, 2.05) is 0 Å². The third-order valence-electron chi connectivity index (χ3n) is 2.65. The molecule has 2 amide bonds. The Balaban J connectivity index is 1.82. The number of ether oxygens (including phenoxy) is 2. The first kappa shape index (κ1) is 14.1. The van der Waals surface area contributed by atoms with Crippen molar-refractivity contribution in [1.82, 2.24) is 10.6 Å². The van der Waals surface area contributed by atoms with Crippen LogP contribution in [-0.2, 0) is 16.1 Å². The molecule has 0 fully saturated rings. The molecular weight excluding hydrogens is 264 g/mol. The zero-order chi connectivity index (χ0) is 14.5. The lowest BCUT2D eigenvalue weighted by atomic mass is 10.2. The molecule has 1 aliphatic heterocycles. The molecule has 0 aliphatic carbocycles. The minimum atomic E-state index is -0.772. The zero-order valence-electron chi connectivity index (χ0n) is 11.0. The first-order chi connectivity index (χ1) is 9.56. The van der Waals surface area contributed by atoms with Crippen molar-refractivity contribution >= 4 is 11.8 Å². The number of carbonyl (C=O) groups excluding carboxylic acids is 2. The summed E-state index contributed by atoms with van der Waals surface area (Å²) in [6.45, 7) is 1.95. The molecule has 1 aromatic carbocycles. The van der Waals surface area contributed by atoms with E-state index in [2.05, 4.69) is 10.6 Å². The second-order valence-electron chi connectivity index (χ2n) is 4.43. The van der Waals surface area contributed by atoms with E-state index in [1.54, 1.807) is 18.2 Å². The van der Waals surface area contributed by atoms with Crippen molar-refractivity contribution in [3.05, 3.63) is 23.8 Å². The molecule has 1 aromatic rings. The molecule has 0 aromatic heterocycles. The average molecular weight is 280 g/mol. The Hall–Kier alpha value is -2.28. The monoisotopic (exact) mass is 280 g/mol. The summed E-state index contributed by atoms with van der Waals surface area (Å²) >= 11 is 0. The van der Waals surface area contributed by atoms with E-state index in [4.69, 9.17) is 14.6 Å². The van der Waals surface area contributed by atoms with E-state index in [0.717, 1.165) is 5.56 Å².